The van der Waals surface area contributed by atoms with E-state index in [9.17, 15) is 0 Å². The SMILES string of the molecule is CCNCc1c(C)nn(C)c1Sc1nnc(C)o1. The Morgan fingerprint density at radius 1 is 1.33 bits per heavy atom. The maximum absolute atomic E-state index is 5.39. The van der Waals surface area contributed by atoms with Crippen molar-refractivity contribution in [3.05, 3.63) is 17.1 Å². The van der Waals surface area contributed by atoms with Crippen LogP contribution < -0.4 is 5.32 Å². The number of nitrogens with zero attached hydrogens (tertiary/aromatic N) is 4. The zero-order valence-corrected chi connectivity index (χ0v) is 11.8. The Labute approximate surface area is 110 Å². The molecule has 0 saturated carbocycles. The average molecular weight is 267 g/mol. The summed E-state index contributed by atoms with van der Waals surface area (Å²) >= 11 is 1.45. The van der Waals surface area contributed by atoms with Crippen molar-refractivity contribution in [2.75, 3.05) is 6.54 Å². The molecule has 0 radical (unpaired) electrons. The first-order valence-corrected chi connectivity index (χ1v) is 6.64. The van der Waals surface area contributed by atoms with Gasteiger partial charge in [0, 0.05) is 26.1 Å². The molecule has 0 bridgehead atoms. The minimum atomic E-state index is 0.549. The van der Waals surface area contributed by atoms with Crippen molar-refractivity contribution in [1.29, 1.82) is 0 Å². The topological polar surface area (TPSA) is 68.8 Å². The van der Waals surface area contributed by atoms with E-state index in [1.54, 1.807) is 6.92 Å². The molecule has 0 aliphatic rings. The first kappa shape index (κ1) is 13.1. The smallest absolute Gasteiger partial charge is 0.282 e. The quantitative estimate of drug-likeness (QED) is 0.889. The maximum atomic E-state index is 5.39. The molecule has 1 N–H and O–H groups in total. The molecule has 2 aromatic heterocycles. The number of hydrogen-bond donors (Lipinski definition) is 1. The summed E-state index contributed by atoms with van der Waals surface area (Å²) in [7, 11) is 1.92. The molecule has 0 aliphatic heterocycles. The minimum Gasteiger partial charge on any atom is -0.416 e. The summed E-state index contributed by atoms with van der Waals surface area (Å²) < 4.78 is 7.24. The molecule has 2 rings (SSSR count). The normalized spacial score (nSPS) is 11.1. The van der Waals surface area contributed by atoms with E-state index in [4.69, 9.17) is 4.42 Å². The summed E-state index contributed by atoms with van der Waals surface area (Å²) in [6.45, 7) is 7.60. The summed E-state index contributed by atoms with van der Waals surface area (Å²) in [5.41, 5.74) is 2.21. The van der Waals surface area contributed by atoms with Crippen LogP contribution in [0.4, 0.5) is 0 Å². The van der Waals surface area contributed by atoms with Crippen molar-refractivity contribution in [1.82, 2.24) is 25.3 Å². The second-order valence-electron chi connectivity index (χ2n) is 3.96. The highest BCUT2D eigenvalue weighted by molar-refractivity contribution is 7.99. The Balaban J connectivity index is 2.25. The van der Waals surface area contributed by atoms with Crippen LogP contribution in [0.2, 0.25) is 0 Å². The third kappa shape index (κ3) is 2.73. The fraction of sp³-hybridized carbons (Fsp3) is 0.545. The van der Waals surface area contributed by atoms with Gasteiger partial charge in [0.1, 0.15) is 5.03 Å². The van der Waals surface area contributed by atoms with Gasteiger partial charge in [-0.3, -0.25) is 4.68 Å². The van der Waals surface area contributed by atoms with E-state index in [1.807, 2.05) is 18.7 Å². The van der Waals surface area contributed by atoms with Gasteiger partial charge >= 0.3 is 0 Å². The molecule has 6 nitrogen and oxygen atoms in total. The lowest BCUT2D eigenvalue weighted by Gasteiger charge is -2.04. The van der Waals surface area contributed by atoms with Crippen LogP contribution in [0.3, 0.4) is 0 Å². The Hall–Kier alpha value is -1.34. The Kier molecular flexibility index (Phi) is 4.03. The summed E-state index contributed by atoms with van der Waals surface area (Å²) in [5, 5.41) is 17.2. The van der Waals surface area contributed by atoms with Crippen molar-refractivity contribution < 1.29 is 4.42 Å². The largest absolute Gasteiger partial charge is 0.416 e. The fourth-order valence-electron chi connectivity index (χ4n) is 1.66. The number of aryl methyl sites for hydroxylation is 3. The van der Waals surface area contributed by atoms with Gasteiger partial charge in [0.2, 0.25) is 5.89 Å². The fourth-order valence-corrected chi connectivity index (χ4v) is 2.59. The Morgan fingerprint density at radius 3 is 2.72 bits per heavy atom. The van der Waals surface area contributed by atoms with E-state index < -0.39 is 0 Å². The molecule has 0 saturated heterocycles. The van der Waals surface area contributed by atoms with E-state index in [2.05, 4.69) is 27.5 Å². The van der Waals surface area contributed by atoms with Gasteiger partial charge in [-0.1, -0.05) is 6.92 Å². The molecular weight excluding hydrogens is 250 g/mol. The number of rotatable bonds is 5. The standard InChI is InChI=1S/C11H17N5OS/c1-5-12-6-9-7(2)15-16(4)10(9)18-11-14-13-8(3)17-11/h12H,5-6H2,1-4H3. The second-order valence-corrected chi connectivity index (χ2v) is 4.90. The van der Waals surface area contributed by atoms with Crippen molar-refractivity contribution >= 4 is 11.8 Å². The van der Waals surface area contributed by atoms with E-state index in [-0.39, 0.29) is 0 Å². The summed E-state index contributed by atoms with van der Waals surface area (Å²) in [5.74, 6) is 0.574. The number of aromatic nitrogens is 4. The lowest BCUT2D eigenvalue weighted by Crippen LogP contribution is -2.12. The van der Waals surface area contributed by atoms with Gasteiger partial charge in [-0.15, -0.1) is 10.2 Å². The van der Waals surface area contributed by atoms with Gasteiger partial charge in [0.05, 0.1) is 5.69 Å². The first-order chi connectivity index (χ1) is 8.61. The van der Waals surface area contributed by atoms with Gasteiger partial charge in [0.15, 0.2) is 0 Å². The molecule has 2 aromatic rings. The van der Waals surface area contributed by atoms with Crippen LogP contribution in [0.15, 0.2) is 14.7 Å². The molecule has 98 valence electrons. The molecule has 0 fully saturated rings. The zero-order valence-electron chi connectivity index (χ0n) is 11.0. The van der Waals surface area contributed by atoms with Crippen molar-refractivity contribution in [3.63, 3.8) is 0 Å². The van der Waals surface area contributed by atoms with Crippen LogP contribution in [0, 0.1) is 13.8 Å². The van der Waals surface area contributed by atoms with Crippen LogP contribution in [0.5, 0.6) is 0 Å². The van der Waals surface area contributed by atoms with Crippen molar-refractivity contribution in [2.24, 2.45) is 7.05 Å². The molecule has 0 amide bonds. The highest BCUT2D eigenvalue weighted by Crippen LogP contribution is 2.30. The molecule has 0 atom stereocenters. The highest BCUT2D eigenvalue weighted by atomic mass is 32.2. The maximum Gasteiger partial charge on any atom is 0.282 e. The number of hydrogen-bond acceptors (Lipinski definition) is 6. The average Bonchev–Trinajstić information content (AvgIpc) is 2.83. The Morgan fingerprint density at radius 2 is 2.11 bits per heavy atom. The minimum absolute atomic E-state index is 0.549. The van der Waals surface area contributed by atoms with Crippen LogP contribution in [-0.2, 0) is 13.6 Å². The number of nitrogens with one attached hydrogen (secondary N) is 1. The highest BCUT2D eigenvalue weighted by Gasteiger charge is 2.16. The molecule has 2 heterocycles. The monoisotopic (exact) mass is 267 g/mol. The molecule has 0 spiro atoms. The summed E-state index contributed by atoms with van der Waals surface area (Å²) in [4.78, 5) is 0. The third-order valence-electron chi connectivity index (χ3n) is 2.53. The molecule has 18 heavy (non-hydrogen) atoms. The predicted octanol–water partition coefficient (Wildman–Crippen LogP) is 1.68. The molecule has 0 aromatic carbocycles. The predicted molar refractivity (Wildman–Crippen MR) is 68.5 cm³/mol. The second kappa shape index (κ2) is 5.53. The molecule has 7 heteroatoms. The van der Waals surface area contributed by atoms with Crippen LogP contribution >= 0.6 is 11.8 Å². The van der Waals surface area contributed by atoms with Crippen LogP contribution in [0.1, 0.15) is 24.1 Å². The van der Waals surface area contributed by atoms with Crippen LogP contribution in [0.25, 0.3) is 0 Å². The van der Waals surface area contributed by atoms with Gasteiger partial charge in [-0.25, -0.2) is 0 Å². The molecular formula is C11H17N5OS. The lowest BCUT2D eigenvalue weighted by molar-refractivity contribution is 0.428. The Bertz CT molecular complexity index is 534. The molecule has 0 aliphatic carbocycles. The zero-order chi connectivity index (χ0) is 13.1. The van der Waals surface area contributed by atoms with Crippen molar-refractivity contribution in [2.45, 2.75) is 37.6 Å². The van der Waals surface area contributed by atoms with Gasteiger partial charge < -0.3 is 9.73 Å². The van der Waals surface area contributed by atoms with E-state index >= 15 is 0 Å². The van der Waals surface area contributed by atoms with Gasteiger partial charge in [-0.2, -0.15) is 5.10 Å². The summed E-state index contributed by atoms with van der Waals surface area (Å²) in [6.07, 6.45) is 0. The summed E-state index contributed by atoms with van der Waals surface area (Å²) in [6, 6.07) is 0. The van der Waals surface area contributed by atoms with E-state index in [0.717, 1.165) is 23.8 Å². The van der Waals surface area contributed by atoms with Crippen LogP contribution in [-0.4, -0.2) is 26.5 Å². The third-order valence-corrected chi connectivity index (χ3v) is 3.58. The van der Waals surface area contributed by atoms with E-state index in [0.29, 0.717) is 11.1 Å². The van der Waals surface area contributed by atoms with Gasteiger partial charge in [-0.05, 0) is 25.2 Å². The van der Waals surface area contributed by atoms with E-state index in [1.165, 1.54) is 17.3 Å². The van der Waals surface area contributed by atoms with Gasteiger partial charge in [0.25, 0.3) is 5.22 Å². The molecule has 0 unspecified atom stereocenters. The first-order valence-electron chi connectivity index (χ1n) is 5.83. The van der Waals surface area contributed by atoms with Crippen molar-refractivity contribution in [3.8, 4) is 0 Å². The lowest BCUT2D eigenvalue weighted by atomic mass is 10.2.